The summed E-state index contributed by atoms with van der Waals surface area (Å²) in [5.41, 5.74) is 16.3. The van der Waals surface area contributed by atoms with Gasteiger partial charge in [-0.1, -0.05) is 166 Å². The third kappa shape index (κ3) is 6.27. The first-order valence-corrected chi connectivity index (χ1v) is 21.1. The zero-order valence-electron chi connectivity index (χ0n) is 34.3. The summed E-state index contributed by atoms with van der Waals surface area (Å²) >= 11 is 0. The molecule has 0 saturated carbocycles. The van der Waals surface area contributed by atoms with E-state index in [1.807, 2.05) is 6.20 Å². The molecule has 3 heterocycles. The van der Waals surface area contributed by atoms with Crippen LogP contribution in [0.1, 0.15) is 25.0 Å². The minimum Gasteiger partial charge on any atom is -0.321 e. The minimum absolute atomic E-state index is 0.307. The Morgan fingerprint density at radius 2 is 0.984 bits per heavy atom. The van der Waals surface area contributed by atoms with Gasteiger partial charge in [-0.3, -0.25) is 4.57 Å². The van der Waals surface area contributed by atoms with Gasteiger partial charge in [0.1, 0.15) is 12.5 Å². The van der Waals surface area contributed by atoms with E-state index >= 15 is 0 Å². The monoisotopic (exact) mass is 784 g/mol. The van der Waals surface area contributed by atoms with Crippen molar-refractivity contribution in [2.45, 2.75) is 19.3 Å². The summed E-state index contributed by atoms with van der Waals surface area (Å²) in [5, 5.41) is 2.42. The molecule has 10 aromatic rings. The molecule has 0 fully saturated rings. The predicted octanol–water partition coefficient (Wildman–Crippen LogP) is 14.8. The highest BCUT2D eigenvalue weighted by Gasteiger charge is 2.30. The van der Waals surface area contributed by atoms with Crippen molar-refractivity contribution in [3.8, 4) is 39.2 Å². The Labute approximate surface area is 357 Å². The summed E-state index contributed by atoms with van der Waals surface area (Å²) in [7, 11) is 0. The lowest BCUT2D eigenvalue weighted by atomic mass is 9.77. The van der Waals surface area contributed by atoms with Crippen molar-refractivity contribution in [2.24, 2.45) is 0 Å². The van der Waals surface area contributed by atoms with Gasteiger partial charge in [0.25, 0.3) is 0 Å². The van der Waals surface area contributed by atoms with E-state index in [2.05, 4.69) is 241 Å². The summed E-state index contributed by atoms with van der Waals surface area (Å²) in [5.74, 6) is 0.887. The highest BCUT2D eigenvalue weighted by molar-refractivity contribution is 6.09. The molecule has 0 bridgehead atoms. The molecule has 0 aliphatic carbocycles. The molecule has 11 rings (SSSR count). The quantitative estimate of drug-likeness (QED) is 0.153. The van der Waals surface area contributed by atoms with E-state index in [1.54, 1.807) is 0 Å². The van der Waals surface area contributed by atoms with Crippen molar-refractivity contribution in [2.75, 3.05) is 16.5 Å². The van der Waals surface area contributed by atoms with Gasteiger partial charge in [-0.2, -0.15) is 0 Å². The molecule has 0 atom stereocenters. The number of hydrogen-bond donors (Lipinski definition) is 0. The molecule has 0 saturated heterocycles. The van der Waals surface area contributed by atoms with E-state index < -0.39 is 0 Å². The fraction of sp³-hybridized carbons (Fsp3) is 0.0702. The van der Waals surface area contributed by atoms with Crippen LogP contribution in [0.5, 0.6) is 0 Å². The molecular formula is C57H44N4. The van der Waals surface area contributed by atoms with Gasteiger partial charge in [-0.15, -0.1) is 0 Å². The summed E-state index contributed by atoms with van der Waals surface area (Å²) in [6, 6.07) is 76.7. The van der Waals surface area contributed by atoms with Gasteiger partial charge in [0, 0.05) is 33.8 Å². The fourth-order valence-corrected chi connectivity index (χ4v) is 9.38. The van der Waals surface area contributed by atoms with Crippen molar-refractivity contribution in [1.82, 2.24) is 9.55 Å². The van der Waals surface area contributed by atoms with Gasteiger partial charge in [0.2, 0.25) is 0 Å². The number of benzene rings is 8. The molecule has 2 aromatic heterocycles. The Balaban J connectivity index is 1.03. The molecule has 1 aliphatic heterocycles. The highest BCUT2D eigenvalue weighted by Crippen LogP contribution is 2.46. The van der Waals surface area contributed by atoms with E-state index in [-0.39, 0.29) is 5.41 Å². The lowest BCUT2D eigenvalue weighted by Gasteiger charge is -2.29. The molecular weight excluding hydrogens is 741 g/mol. The number of anilines is 4. The maximum atomic E-state index is 5.12. The minimum atomic E-state index is -0.307. The Hall–Kier alpha value is -7.69. The number of hydrogen-bond acceptors (Lipinski definition) is 3. The SMILES string of the molecule is CC(C)(c1cccc(N2CN(c3ccccc3)c3ccccc32)c1)c1ccc2c3ccccc3n(-c3cc(-c4c(-c5ccccc5)cccc4-c4ccccc4)ccn3)c2c1. The Morgan fingerprint density at radius 1 is 0.426 bits per heavy atom. The lowest BCUT2D eigenvalue weighted by molar-refractivity contribution is 0.641. The van der Waals surface area contributed by atoms with E-state index in [1.165, 1.54) is 72.5 Å². The molecule has 292 valence electrons. The van der Waals surface area contributed by atoms with Gasteiger partial charge in [0.05, 0.1) is 22.4 Å². The van der Waals surface area contributed by atoms with Crippen LogP contribution in [0.15, 0.2) is 219 Å². The first-order chi connectivity index (χ1) is 30.0. The molecule has 4 nitrogen and oxygen atoms in total. The summed E-state index contributed by atoms with van der Waals surface area (Å²) in [6.07, 6.45) is 1.97. The number of para-hydroxylation sites is 4. The highest BCUT2D eigenvalue weighted by atomic mass is 15.4. The Kier molecular flexibility index (Phi) is 8.86. The van der Waals surface area contributed by atoms with Gasteiger partial charge in [-0.05, 0) is 105 Å². The number of pyridine rings is 1. The van der Waals surface area contributed by atoms with E-state index in [0.717, 1.165) is 29.1 Å². The van der Waals surface area contributed by atoms with Crippen LogP contribution >= 0.6 is 0 Å². The first-order valence-electron chi connectivity index (χ1n) is 21.1. The van der Waals surface area contributed by atoms with Crippen LogP contribution in [0.4, 0.5) is 22.7 Å². The third-order valence-electron chi connectivity index (χ3n) is 12.6. The second-order valence-electron chi connectivity index (χ2n) is 16.4. The second-order valence-corrected chi connectivity index (χ2v) is 16.4. The average molecular weight is 785 g/mol. The average Bonchev–Trinajstić information content (AvgIpc) is 3.88. The van der Waals surface area contributed by atoms with Crippen molar-refractivity contribution in [1.29, 1.82) is 0 Å². The maximum Gasteiger partial charge on any atom is 0.138 e. The molecule has 61 heavy (non-hydrogen) atoms. The van der Waals surface area contributed by atoms with E-state index in [9.17, 15) is 0 Å². The predicted molar refractivity (Wildman–Crippen MR) is 255 cm³/mol. The Bertz CT molecular complexity index is 3150. The van der Waals surface area contributed by atoms with E-state index in [0.29, 0.717) is 0 Å². The zero-order valence-corrected chi connectivity index (χ0v) is 34.3. The van der Waals surface area contributed by atoms with Crippen molar-refractivity contribution < 1.29 is 0 Å². The van der Waals surface area contributed by atoms with Crippen molar-refractivity contribution in [3.05, 3.63) is 230 Å². The normalized spacial score (nSPS) is 12.6. The topological polar surface area (TPSA) is 24.3 Å². The van der Waals surface area contributed by atoms with Crippen LogP contribution in [-0.2, 0) is 5.41 Å². The molecule has 0 N–H and O–H groups in total. The number of aromatic nitrogens is 2. The first kappa shape index (κ1) is 36.4. The van der Waals surface area contributed by atoms with Crippen LogP contribution in [-0.4, -0.2) is 16.2 Å². The maximum absolute atomic E-state index is 5.12. The summed E-state index contributed by atoms with van der Waals surface area (Å²) in [6.45, 7) is 5.44. The zero-order chi connectivity index (χ0) is 40.9. The summed E-state index contributed by atoms with van der Waals surface area (Å²) < 4.78 is 2.36. The van der Waals surface area contributed by atoms with Gasteiger partial charge in [0.15, 0.2) is 0 Å². The van der Waals surface area contributed by atoms with Gasteiger partial charge >= 0.3 is 0 Å². The van der Waals surface area contributed by atoms with Gasteiger partial charge < -0.3 is 9.80 Å². The smallest absolute Gasteiger partial charge is 0.138 e. The number of nitrogens with zero attached hydrogens (tertiary/aromatic N) is 4. The van der Waals surface area contributed by atoms with Crippen LogP contribution in [0.25, 0.3) is 61.0 Å². The van der Waals surface area contributed by atoms with Gasteiger partial charge in [-0.25, -0.2) is 4.98 Å². The molecule has 8 aromatic carbocycles. The van der Waals surface area contributed by atoms with Crippen molar-refractivity contribution >= 4 is 44.6 Å². The lowest BCUT2D eigenvalue weighted by Crippen LogP contribution is -2.25. The fourth-order valence-electron chi connectivity index (χ4n) is 9.38. The summed E-state index contributed by atoms with van der Waals surface area (Å²) in [4.78, 5) is 9.94. The van der Waals surface area contributed by atoms with Crippen LogP contribution in [0.3, 0.4) is 0 Å². The molecule has 0 radical (unpaired) electrons. The van der Waals surface area contributed by atoms with Crippen LogP contribution < -0.4 is 9.80 Å². The Morgan fingerprint density at radius 3 is 1.69 bits per heavy atom. The molecule has 0 amide bonds. The number of fused-ring (bicyclic) bond motifs is 4. The molecule has 0 unspecified atom stereocenters. The molecule has 1 aliphatic rings. The van der Waals surface area contributed by atoms with Crippen LogP contribution in [0.2, 0.25) is 0 Å². The number of rotatable bonds is 8. The standard InChI is InChI=1S/C57H44N4/c1-57(2,43-22-16-25-46(37-43)60-39-59(45-23-10-5-11-24-45)52-30-14-15-31-53(52)60)44-32-33-50-49-26-12-13-29-51(49)61(54(50)38-44)55-36-42(34-35-58-55)56-47(40-18-6-3-7-19-40)27-17-28-48(56)41-20-8-4-9-21-41/h3-38H,39H2,1-2H3. The van der Waals surface area contributed by atoms with Crippen LogP contribution in [0, 0.1) is 0 Å². The third-order valence-corrected chi connectivity index (χ3v) is 12.6. The van der Waals surface area contributed by atoms with Crippen molar-refractivity contribution in [3.63, 3.8) is 0 Å². The largest absolute Gasteiger partial charge is 0.321 e. The second kappa shape index (κ2) is 14.8. The molecule has 0 spiro atoms. The molecule has 4 heteroatoms. The van der Waals surface area contributed by atoms with E-state index in [4.69, 9.17) is 4.98 Å².